The smallest absolute Gasteiger partial charge is 0.311 e. The highest BCUT2D eigenvalue weighted by Gasteiger charge is 2.49. The second kappa shape index (κ2) is 4.53. The van der Waals surface area contributed by atoms with Gasteiger partial charge in [-0.3, -0.25) is 9.59 Å². The fraction of sp³-hybridized carbons (Fsp3) is 0.833. The maximum atomic E-state index is 11.8. The third kappa shape index (κ3) is 1.86. The summed E-state index contributed by atoms with van der Waals surface area (Å²) in [5.41, 5.74) is 0. The molecule has 1 heterocycles. The molecule has 0 N–H and O–H groups in total. The van der Waals surface area contributed by atoms with Crippen LogP contribution in [0.1, 0.15) is 33.1 Å². The van der Waals surface area contributed by atoms with Gasteiger partial charge in [-0.2, -0.15) is 0 Å². The molecule has 2 fully saturated rings. The van der Waals surface area contributed by atoms with E-state index in [1.165, 1.54) is 0 Å². The minimum atomic E-state index is -0.356. The molecule has 0 aromatic rings. The lowest BCUT2D eigenvalue weighted by Gasteiger charge is -2.29. The Labute approximate surface area is 95.3 Å². The summed E-state index contributed by atoms with van der Waals surface area (Å²) in [7, 11) is 0. The average molecular weight is 226 g/mol. The molecule has 90 valence electrons. The molecule has 0 aromatic heterocycles. The molecule has 0 spiro atoms. The van der Waals surface area contributed by atoms with Gasteiger partial charge in [0.05, 0.1) is 18.6 Å². The fourth-order valence-electron chi connectivity index (χ4n) is 2.77. The van der Waals surface area contributed by atoms with Crippen molar-refractivity contribution in [2.75, 3.05) is 6.61 Å². The summed E-state index contributed by atoms with van der Waals surface area (Å²) < 4.78 is 10.6. The van der Waals surface area contributed by atoms with E-state index in [1.807, 2.05) is 0 Å². The van der Waals surface area contributed by atoms with Crippen LogP contribution in [-0.2, 0) is 19.1 Å². The first-order chi connectivity index (χ1) is 7.65. The third-order valence-corrected chi connectivity index (χ3v) is 3.54. The van der Waals surface area contributed by atoms with Crippen LogP contribution >= 0.6 is 0 Å². The Bertz CT molecular complexity index is 299. The summed E-state index contributed by atoms with van der Waals surface area (Å²) in [6, 6.07) is 0. The second-order valence-corrected chi connectivity index (χ2v) is 4.54. The molecule has 4 unspecified atom stereocenters. The standard InChI is InChI=1S/C12H18O4/c1-3-15-12(14)9-6-4-5-8-10(13)7(2)16-11(8)9/h7-9,11H,3-6H2,1-2H3. The van der Waals surface area contributed by atoms with E-state index >= 15 is 0 Å². The minimum Gasteiger partial charge on any atom is -0.466 e. The highest BCUT2D eigenvalue weighted by Crippen LogP contribution is 2.39. The number of ether oxygens (including phenoxy) is 2. The van der Waals surface area contributed by atoms with E-state index in [4.69, 9.17) is 9.47 Å². The highest BCUT2D eigenvalue weighted by atomic mass is 16.5. The number of Topliss-reactive ketones (excluding diaryl/α,β-unsaturated/α-hetero) is 1. The van der Waals surface area contributed by atoms with Crippen molar-refractivity contribution < 1.29 is 19.1 Å². The van der Waals surface area contributed by atoms with Crippen molar-refractivity contribution in [3.05, 3.63) is 0 Å². The Morgan fingerprint density at radius 1 is 1.50 bits per heavy atom. The molecular weight excluding hydrogens is 208 g/mol. The van der Waals surface area contributed by atoms with E-state index in [0.717, 1.165) is 19.3 Å². The summed E-state index contributed by atoms with van der Waals surface area (Å²) in [6.45, 7) is 3.95. The predicted octanol–water partition coefficient (Wildman–Crippen LogP) is 1.32. The first kappa shape index (κ1) is 11.6. The van der Waals surface area contributed by atoms with Crippen molar-refractivity contribution in [3.63, 3.8) is 0 Å². The Hall–Kier alpha value is -0.900. The summed E-state index contributed by atoms with van der Waals surface area (Å²) in [6.07, 6.45) is 1.94. The van der Waals surface area contributed by atoms with Gasteiger partial charge < -0.3 is 9.47 Å². The van der Waals surface area contributed by atoms with Crippen LogP contribution in [0.25, 0.3) is 0 Å². The van der Waals surface area contributed by atoms with Crippen molar-refractivity contribution in [2.24, 2.45) is 11.8 Å². The molecule has 1 saturated heterocycles. The lowest BCUT2D eigenvalue weighted by Crippen LogP contribution is -2.38. The van der Waals surface area contributed by atoms with E-state index in [0.29, 0.717) is 6.61 Å². The summed E-state index contributed by atoms with van der Waals surface area (Å²) in [4.78, 5) is 23.5. The van der Waals surface area contributed by atoms with Crippen molar-refractivity contribution in [3.8, 4) is 0 Å². The van der Waals surface area contributed by atoms with Crippen LogP contribution < -0.4 is 0 Å². The molecule has 4 nitrogen and oxygen atoms in total. The largest absolute Gasteiger partial charge is 0.466 e. The van der Waals surface area contributed by atoms with Gasteiger partial charge in [0.1, 0.15) is 6.10 Å². The number of hydrogen-bond acceptors (Lipinski definition) is 4. The lowest BCUT2D eigenvalue weighted by atomic mass is 9.78. The van der Waals surface area contributed by atoms with E-state index in [-0.39, 0.29) is 35.8 Å². The first-order valence-electron chi connectivity index (χ1n) is 6.01. The van der Waals surface area contributed by atoms with Gasteiger partial charge in [-0.25, -0.2) is 0 Å². The van der Waals surface area contributed by atoms with Crippen LogP contribution in [0.2, 0.25) is 0 Å². The van der Waals surface area contributed by atoms with Crippen molar-refractivity contribution >= 4 is 11.8 Å². The van der Waals surface area contributed by atoms with Crippen molar-refractivity contribution in [1.29, 1.82) is 0 Å². The SMILES string of the molecule is CCOC(=O)C1CCCC2C(=O)C(C)OC12. The molecule has 2 rings (SSSR count). The average Bonchev–Trinajstić information content (AvgIpc) is 2.55. The molecule has 4 atom stereocenters. The molecule has 1 aliphatic heterocycles. The maximum Gasteiger partial charge on any atom is 0.311 e. The summed E-state index contributed by atoms with van der Waals surface area (Å²) >= 11 is 0. The van der Waals surface area contributed by atoms with E-state index in [9.17, 15) is 9.59 Å². The van der Waals surface area contributed by atoms with Gasteiger partial charge >= 0.3 is 5.97 Å². The highest BCUT2D eigenvalue weighted by molar-refractivity contribution is 5.88. The quantitative estimate of drug-likeness (QED) is 0.666. The van der Waals surface area contributed by atoms with Gasteiger partial charge in [0.2, 0.25) is 0 Å². The van der Waals surface area contributed by atoms with E-state index in [2.05, 4.69) is 0 Å². The second-order valence-electron chi connectivity index (χ2n) is 4.54. The molecule has 1 saturated carbocycles. The van der Waals surface area contributed by atoms with Crippen molar-refractivity contribution in [2.45, 2.75) is 45.3 Å². The van der Waals surface area contributed by atoms with Crippen LogP contribution in [-0.4, -0.2) is 30.6 Å². The number of fused-ring (bicyclic) bond motifs is 1. The zero-order valence-electron chi connectivity index (χ0n) is 9.77. The molecular formula is C12H18O4. The normalized spacial score (nSPS) is 38.2. The van der Waals surface area contributed by atoms with Gasteiger partial charge in [0, 0.05) is 5.92 Å². The van der Waals surface area contributed by atoms with Gasteiger partial charge in [-0.05, 0) is 26.7 Å². The Morgan fingerprint density at radius 3 is 2.94 bits per heavy atom. The Morgan fingerprint density at radius 2 is 2.25 bits per heavy atom. The summed E-state index contributed by atoms with van der Waals surface area (Å²) in [5, 5.41) is 0. The Balaban J connectivity index is 2.10. The van der Waals surface area contributed by atoms with Crippen LogP contribution in [0.3, 0.4) is 0 Å². The molecule has 16 heavy (non-hydrogen) atoms. The van der Waals surface area contributed by atoms with Gasteiger partial charge in [0.15, 0.2) is 5.78 Å². The van der Waals surface area contributed by atoms with E-state index in [1.54, 1.807) is 13.8 Å². The molecule has 4 heteroatoms. The fourth-order valence-corrected chi connectivity index (χ4v) is 2.77. The number of carbonyl (C=O) groups is 2. The maximum absolute atomic E-state index is 11.8. The first-order valence-corrected chi connectivity index (χ1v) is 6.01. The summed E-state index contributed by atoms with van der Waals surface area (Å²) in [5.74, 6) is -0.385. The molecule has 0 amide bonds. The number of esters is 1. The molecule has 0 radical (unpaired) electrons. The van der Waals surface area contributed by atoms with Gasteiger partial charge in [-0.1, -0.05) is 6.42 Å². The van der Waals surface area contributed by atoms with Gasteiger partial charge in [-0.15, -0.1) is 0 Å². The Kier molecular flexibility index (Phi) is 3.28. The zero-order valence-corrected chi connectivity index (χ0v) is 9.77. The predicted molar refractivity (Wildman–Crippen MR) is 56.8 cm³/mol. The van der Waals surface area contributed by atoms with Crippen LogP contribution in [0.15, 0.2) is 0 Å². The monoisotopic (exact) mass is 226 g/mol. The molecule has 2 aliphatic rings. The van der Waals surface area contributed by atoms with Crippen LogP contribution in [0, 0.1) is 11.8 Å². The van der Waals surface area contributed by atoms with Crippen LogP contribution in [0.4, 0.5) is 0 Å². The molecule has 0 bridgehead atoms. The molecule has 1 aliphatic carbocycles. The topological polar surface area (TPSA) is 52.6 Å². The number of carbonyl (C=O) groups excluding carboxylic acids is 2. The van der Waals surface area contributed by atoms with E-state index < -0.39 is 0 Å². The van der Waals surface area contributed by atoms with Crippen molar-refractivity contribution in [1.82, 2.24) is 0 Å². The number of rotatable bonds is 2. The lowest BCUT2D eigenvalue weighted by molar-refractivity contribution is -0.156. The van der Waals surface area contributed by atoms with Gasteiger partial charge in [0.25, 0.3) is 0 Å². The zero-order chi connectivity index (χ0) is 11.7. The molecule has 0 aromatic carbocycles. The minimum absolute atomic E-state index is 0.0850. The number of hydrogen-bond donors (Lipinski definition) is 0. The number of ketones is 1. The van der Waals surface area contributed by atoms with Crippen LogP contribution in [0.5, 0.6) is 0 Å². The third-order valence-electron chi connectivity index (χ3n) is 3.54.